The minimum Gasteiger partial charge on any atom is -0.508 e. The summed E-state index contributed by atoms with van der Waals surface area (Å²) in [4.78, 5) is 10.3. The molecule has 1 unspecified atom stereocenters. The van der Waals surface area contributed by atoms with Gasteiger partial charge in [-0.25, -0.2) is 4.79 Å². The molecule has 1 rings (SSSR count). The van der Waals surface area contributed by atoms with Crippen LogP contribution >= 0.6 is 0 Å². The predicted octanol–water partition coefficient (Wildman–Crippen LogP) is 1.54. The van der Waals surface area contributed by atoms with Crippen molar-refractivity contribution < 1.29 is 20.1 Å². The Morgan fingerprint density at radius 2 is 1.64 bits per heavy atom. The number of carbonyl (C=O) groups is 1. The van der Waals surface area contributed by atoms with Crippen LogP contribution in [0.4, 0.5) is 0 Å². The smallest absolute Gasteiger partial charge is 0.337 e. The maximum absolute atomic E-state index is 10.3. The molecule has 0 radical (unpaired) electrons. The topological polar surface area (TPSA) is 77.8 Å². The summed E-state index contributed by atoms with van der Waals surface area (Å²) in [6.07, 6.45) is -1.52. The summed E-state index contributed by atoms with van der Waals surface area (Å²) in [7, 11) is 0. The second-order valence-electron chi connectivity index (χ2n) is 2.33. The quantitative estimate of drug-likeness (QED) is 0.673. The number of aliphatic hydroxyl groups excluding tert-OH is 1. The Hall–Kier alpha value is -1.55. The number of phenolic OH excluding ortho intramolecular Hbond substituents is 1. The molecule has 0 amide bonds. The number of phenols is 1. The molecule has 14 heavy (non-hydrogen) atoms. The highest BCUT2D eigenvalue weighted by atomic mass is 16.4. The van der Waals surface area contributed by atoms with Gasteiger partial charge in [0.2, 0.25) is 0 Å². The van der Waals surface area contributed by atoms with Crippen molar-refractivity contribution in [3.63, 3.8) is 0 Å². The Morgan fingerprint density at radius 3 is 2.00 bits per heavy atom. The van der Waals surface area contributed by atoms with Crippen LogP contribution in [0.15, 0.2) is 24.3 Å². The fourth-order valence-corrected chi connectivity index (χ4v) is 0.799. The Morgan fingerprint density at radius 1 is 1.21 bits per heavy atom. The van der Waals surface area contributed by atoms with E-state index < -0.39 is 12.1 Å². The average molecular weight is 198 g/mol. The molecule has 1 aromatic rings. The predicted molar refractivity (Wildman–Crippen MR) is 52.1 cm³/mol. The molecule has 0 saturated heterocycles. The fourth-order valence-electron chi connectivity index (χ4n) is 0.799. The van der Waals surface area contributed by atoms with E-state index in [9.17, 15) is 4.79 Å². The van der Waals surface area contributed by atoms with Crippen LogP contribution in [0.3, 0.4) is 0 Å². The lowest BCUT2D eigenvalue weighted by atomic mass is 10.1. The first-order valence-electron chi connectivity index (χ1n) is 4.31. The third kappa shape index (κ3) is 3.45. The molecule has 0 aliphatic rings. The lowest BCUT2D eigenvalue weighted by Crippen LogP contribution is -2.09. The van der Waals surface area contributed by atoms with Gasteiger partial charge in [-0.05, 0) is 17.7 Å². The number of hydrogen-bond acceptors (Lipinski definition) is 3. The number of aliphatic carboxylic acids is 1. The van der Waals surface area contributed by atoms with Crippen molar-refractivity contribution in [1.29, 1.82) is 0 Å². The number of aliphatic hydroxyl groups is 1. The Labute approximate surface area is 82.4 Å². The molecule has 0 aliphatic heterocycles. The number of benzene rings is 1. The molecule has 4 nitrogen and oxygen atoms in total. The summed E-state index contributed by atoms with van der Waals surface area (Å²) in [5.41, 5.74) is 0.250. The second kappa shape index (κ2) is 5.99. The molecule has 3 N–H and O–H groups in total. The molecular formula is C10H14O4. The summed E-state index contributed by atoms with van der Waals surface area (Å²) in [6, 6.07) is 5.35. The summed E-state index contributed by atoms with van der Waals surface area (Å²) in [5.74, 6) is -1.27. The van der Waals surface area contributed by atoms with Gasteiger partial charge >= 0.3 is 5.97 Å². The van der Waals surface area contributed by atoms with Crippen LogP contribution in [0.1, 0.15) is 25.5 Å². The molecule has 0 aliphatic carbocycles. The van der Waals surface area contributed by atoms with Gasteiger partial charge in [0.05, 0.1) is 0 Å². The Bertz CT molecular complexity index is 279. The molecule has 0 aromatic heterocycles. The van der Waals surface area contributed by atoms with Crippen LogP contribution < -0.4 is 0 Å². The van der Waals surface area contributed by atoms with E-state index in [2.05, 4.69) is 0 Å². The molecule has 0 saturated carbocycles. The van der Waals surface area contributed by atoms with Gasteiger partial charge in [0.25, 0.3) is 0 Å². The minimum atomic E-state index is -1.52. The normalized spacial score (nSPS) is 11.1. The van der Waals surface area contributed by atoms with Crippen molar-refractivity contribution in [2.45, 2.75) is 20.0 Å². The lowest BCUT2D eigenvalue weighted by Gasteiger charge is -2.04. The zero-order valence-electron chi connectivity index (χ0n) is 8.14. The van der Waals surface area contributed by atoms with Gasteiger partial charge in [-0.2, -0.15) is 0 Å². The van der Waals surface area contributed by atoms with Gasteiger partial charge in [-0.15, -0.1) is 0 Å². The molecule has 4 heteroatoms. The highest BCUT2D eigenvalue weighted by Gasteiger charge is 2.14. The van der Waals surface area contributed by atoms with Gasteiger partial charge < -0.3 is 15.3 Å². The van der Waals surface area contributed by atoms with Crippen molar-refractivity contribution in [3.8, 4) is 5.75 Å². The first kappa shape index (κ1) is 12.4. The number of aromatic hydroxyl groups is 1. The van der Waals surface area contributed by atoms with Crippen LogP contribution in [-0.4, -0.2) is 21.3 Å². The Kier molecular flexibility index (Phi) is 5.33. The van der Waals surface area contributed by atoms with Gasteiger partial charge in [0.15, 0.2) is 6.10 Å². The monoisotopic (exact) mass is 198 g/mol. The van der Waals surface area contributed by atoms with Crippen molar-refractivity contribution >= 4 is 5.97 Å². The second-order valence-corrected chi connectivity index (χ2v) is 2.33. The summed E-state index contributed by atoms with van der Waals surface area (Å²) >= 11 is 0. The molecule has 0 fully saturated rings. The van der Waals surface area contributed by atoms with E-state index in [-0.39, 0.29) is 11.3 Å². The zero-order chi connectivity index (χ0) is 11.1. The van der Waals surface area contributed by atoms with Crippen LogP contribution in [-0.2, 0) is 4.79 Å². The lowest BCUT2D eigenvalue weighted by molar-refractivity contribution is -0.146. The first-order chi connectivity index (χ1) is 6.61. The van der Waals surface area contributed by atoms with Crippen LogP contribution in [0, 0.1) is 0 Å². The van der Waals surface area contributed by atoms with E-state index in [0.717, 1.165) is 0 Å². The minimum absolute atomic E-state index is 0.0383. The molecule has 0 heterocycles. The molecular weight excluding hydrogens is 184 g/mol. The average Bonchev–Trinajstić information content (AvgIpc) is 2.21. The third-order valence-corrected chi connectivity index (χ3v) is 1.44. The number of carboxylic acid groups (broad SMARTS) is 1. The molecule has 0 bridgehead atoms. The van der Waals surface area contributed by atoms with Crippen molar-refractivity contribution in [1.82, 2.24) is 0 Å². The molecule has 78 valence electrons. The van der Waals surface area contributed by atoms with Crippen LogP contribution in [0.5, 0.6) is 5.75 Å². The van der Waals surface area contributed by atoms with Gasteiger partial charge in [-0.3, -0.25) is 0 Å². The van der Waals surface area contributed by atoms with Gasteiger partial charge in [-0.1, -0.05) is 26.0 Å². The zero-order valence-corrected chi connectivity index (χ0v) is 8.14. The first-order valence-corrected chi connectivity index (χ1v) is 4.31. The Balaban J connectivity index is 0.000000791. The number of carboxylic acids is 1. The van der Waals surface area contributed by atoms with Crippen molar-refractivity contribution in [2.24, 2.45) is 0 Å². The largest absolute Gasteiger partial charge is 0.508 e. The van der Waals surface area contributed by atoms with E-state index in [4.69, 9.17) is 15.3 Å². The van der Waals surface area contributed by atoms with Crippen molar-refractivity contribution in [2.75, 3.05) is 0 Å². The maximum Gasteiger partial charge on any atom is 0.337 e. The van der Waals surface area contributed by atoms with E-state index in [0.29, 0.717) is 0 Å². The number of hydrogen-bond donors (Lipinski definition) is 3. The van der Waals surface area contributed by atoms with Gasteiger partial charge in [0.1, 0.15) is 5.75 Å². The number of rotatable bonds is 2. The molecule has 1 aromatic carbocycles. The van der Waals surface area contributed by atoms with E-state index >= 15 is 0 Å². The van der Waals surface area contributed by atoms with E-state index in [1.807, 2.05) is 13.8 Å². The maximum atomic E-state index is 10.3. The van der Waals surface area contributed by atoms with Gasteiger partial charge in [0, 0.05) is 0 Å². The fraction of sp³-hybridized carbons (Fsp3) is 0.300. The summed E-state index contributed by atoms with van der Waals surface area (Å²) in [6.45, 7) is 4.00. The van der Waals surface area contributed by atoms with Crippen LogP contribution in [0.25, 0.3) is 0 Å². The molecule has 1 atom stereocenters. The third-order valence-electron chi connectivity index (χ3n) is 1.44. The standard InChI is InChI=1S/C8H8O4.C2H6/c9-6-3-1-5(2-4-6)7(10)8(11)12;1-2/h1-4,7,9-10H,(H,11,12);1-2H3. The van der Waals surface area contributed by atoms with Crippen molar-refractivity contribution in [3.05, 3.63) is 29.8 Å². The highest BCUT2D eigenvalue weighted by molar-refractivity contribution is 5.74. The SMILES string of the molecule is CC.O=C(O)C(O)c1ccc(O)cc1. The summed E-state index contributed by atoms with van der Waals surface area (Å²) < 4.78 is 0. The van der Waals surface area contributed by atoms with Crippen LogP contribution in [0.2, 0.25) is 0 Å². The molecule has 0 spiro atoms. The van der Waals surface area contributed by atoms with E-state index in [1.165, 1.54) is 24.3 Å². The highest BCUT2D eigenvalue weighted by Crippen LogP contribution is 2.16. The summed E-state index contributed by atoms with van der Waals surface area (Å²) in [5, 5.41) is 26.2. The van der Waals surface area contributed by atoms with E-state index in [1.54, 1.807) is 0 Å².